The summed E-state index contributed by atoms with van der Waals surface area (Å²) >= 11 is 0. The molecule has 4 atom stereocenters. The number of nitrogens with one attached hydrogen (secondary N) is 1. The number of rotatable bonds is 13. The van der Waals surface area contributed by atoms with E-state index in [1.807, 2.05) is 0 Å². The van der Waals surface area contributed by atoms with Crippen molar-refractivity contribution in [1.29, 1.82) is 0 Å². The second-order valence-corrected chi connectivity index (χ2v) is 5.97. The molecule has 0 fully saturated rings. The highest BCUT2D eigenvalue weighted by Crippen LogP contribution is 2.16. The number of amides is 2. The molecule has 0 aliphatic carbocycles. The van der Waals surface area contributed by atoms with Crippen LogP contribution in [0.4, 0.5) is 0 Å². The van der Waals surface area contributed by atoms with E-state index < -0.39 is 85.7 Å². The van der Waals surface area contributed by atoms with Gasteiger partial charge in [-0.2, -0.15) is 0 Å². The average molecular weight is 375 g/mol. The van der Waals surface area contributed by atoms with Crippen LogP contribution in [0.3, 0.4) is 0 Å². The van der Waals surface area contributed by atoms with E-state index in [9.17, 15) is 29.1 Å². The number of nitrogens with two attached hydrogens (primary N) is 2. The van der Waals surface area contributed by atoms with Gasteiger partial charge in [0.1, 0.15) is 5.78 Å². The van der Waals surface area contributed by atoms with Gasteiger partial charge in [0.25, 0.3) is 0 Å². The van der Waals surface area contributed by atoms with Crippen molar-refractivity contribution in [2.45, 2.75) is 38.3 Å². The Balaban J connectivity index is 4.90. The lowest BCUT2D eigenvalue weighted by Crippen LogP contribution is -2.44. The lowest BCUT2D eigenvalue weighted by atomic mass is 9.90. The van der Waals surface area contributed by atoms with Gasteiger partial charge in [-0.15, -0.1) is 0 Å². The number of ketones is 2. The fourth-order valence-electron chi connectivity index (χ4n) is 2.12. The molecule has 11 heteroatoms. The van der Waals surface area contributed by atoms with Crippen molar-refractivity contribution < 1.29 is 39.3 Å². The van der Waals surface area contributed by atoms with Crippen LogP contribution in [0.2, 0.25) is 0 Å². The van der Waals surface area contributed by atoms with Crippen molar-refractivity contribution in [3.8, 4) is 0 Å². The molecule has 1 unspecified atom stereocenters. The SMILES string of the molecule is CC(O)[C@H](CC(=O)C[C@@H](CC(N)=O)C(=O)NCC(=O)[C@H](N)CO)C(=O)O. The third kappa shape index (κ3) is 8.65. The molecule has 0 aromatic heterocycles. The molecular formula is C15H25N3O8. The van der Waals surface area contributed by atoms with Gasteiger partial charge >= 0.3 is 5.97 Å². The molecule has 0 spiro atoms. The first kappa shape index (κ1) is 23.6. The molecule has 2 amide bonds. The molecule has 0 saturated heterocycles. The van der Waals surface area contributed by atoms with Gasteiger partial charge in [0.05, 0.1) is 37.1 Å². The monoisotopic (exact) mass is 375 g/mol. The number of aliphatic carboxylic acids is 1. The Morgan fingerprint density at radius 3 is 2.08 bits per heavy atom. The highest BCUT2D eigenvalue weighted by atomic mass is 16.4. The maximum absolute atomic E-state index is 12.1. The third-order valence-electron chi connectivity index (χ3n) is 3.69. The number of Topliss-reactive ketones (excluding diaryl/α,β-unsaturated/α-hetero) is 2. The summed E-state index contributed by atoms with van der Waals surface area (Å²) in [5.74, 6) is -6.87. The fourth-order valence-corrected chi connectivity index (χ4v) is 2.12. The fraction of sp³-hybridized carbons (Fsp3) is 0.667. The van der Waals surface area contributed by atoms with Crippen LogP contribution in [-0.2, 0) is 24.0 Å². The van der Waals surface area contributed by atoms with Gasteiger partial charge in [0, 0.05) is 19.3 Å². The molecule has 0 aromatic carbocycles. The molecule has 11 nitrogen and oxygen atoms in total. The predicted molar refractivity (Wildman–Crippen MR) is 87.4 cm³/mol. The predicted octanol–water partition coefficient (Wildman–Crippen LogP) is -3.09. The summed E-state index contributed by atoms with van der Waals surface area (Å²) in [5, 5.41) is 29.3. The number of aliphatic hydroxyl groups is 2. The van der Waals surface area contributed by atoms with Crippen LogP contribution < -0.4 is 16.8 Å². The topological polar surface area (TPSA) is 210 Å². The summed E-state index contributed by atoms with van der Waals surface area (Å²) in [4.78, 5) is 57.7. The van der Waals surface area contributed by atoms with E-state index >= 15 is 0 Å². The van der Waals surface area contributed by atoms with E-state index in [4.69, 9.17) is 21.7 Å². The second kappa shape index (κ2) is 11.3. The van der Waals surface area contributed by atoms with E-state index in [1.165, 1.54) is 6.92 Å². The molecule has 0 heterocycles. The van der Waals surface area contributed by atoms with Crippen molar-refractivity contribution in [2.24, 2.45) is 23.3 Å². The zero-order chi connectivity index (χ0) is 20.4. The number of carboxylic acids is 1. The van der Waals surface area contributed by atoms with E-state index in [2.05, 4.69) is 5.32 Å². The van der Waals surface area contributed by atoms with E-state index in [0.717, 1.165) is 0 Å². The molecule has 148 valence electrons. The van der Waals surface area contributed by atoms with Crippen LogP contribution in [-0.4, -0.2) is 70.0 Å². The number of carboxylic acid groups (broad SMARTS) is 1. The van der Waals surface area contributed by atoms with Crippen molar-refractivity contribution in [2.75, 3.05) is 13.2 Å². The van der Waals surface area contributed by atoms with E-state index in [0.29, 0.717) is 0 Å². The lowest BCUT2D eigenvalue weighted by molar-refractivity contribution is -0.148. The molecule has 0 aliphatic rings. The number of hydrogen-bond donors (Lipinski definition) is 6. The molecule has 0 rings (SSSR count). The number of hydrogen-bond acceptors (Lipinski definition) is 8. The minimum Gasteiger partial charge on any atom is -0.481 e. The van der Waals surface area contributed by atoms with Crippen LogP contribution in [0.25, 0.3) is 0 Å². The number of primary amides is 1. The summed E-state index contributed by atoms with van der Waals surface area (Å²) in [7, 11) is 0. The first-order valence-electron chi connectivity index (χ1n) is 7.87. The Morgan fingerprint density at radius 2 is 1.65 bits per heavy atom. The molecule has 26 heavy (non-hydrogen) atoms. The molecule has 0 aliphatic heterocycles. The van der Waals surface area contributed by atoms with Gasteiger partial charge in [-0.1, -0.05) is 0 Å². The summed E-state index contributed by atoms with van der Waals surface area (Å²) in [6, 6.07) is -1.17. The lowest BCUT2D eigenvalue weighted by Gasteiger charge is -2.18. The Hall–Kier alpha value is -2.37. The summed E-state index contributed by atoms with van der Waals surface area (Å²) in [5.41, 5.74) is 10.3. The Kier molecular flexibility index (Phi) is 10.3. The van der Waals surface area contributed by atoms with Crippen LogP contribution >= 0.6 is 0 Å². The molecule has 0 bridgehead atoms. The smallest absolute Gasteiger partial charge is 0.309 e. The minimum absolute atomic E-state index is 0.481. The van der Waals surface area contributed by atoms with Crippen molar-refractivity contribution in [3.63, 3.8) is 0 Å². The van der Waals surface area contributed by atoms with Crippen LogP contribution in [0.5, 0.6) is 0 Å². The first-order valence-corrected chi connectivity index (χ1v) is 7.87. The summed E-state index contributed by atoms with van der Waals surface area (Å²) in [6.45, 7) is 0.110. The Labute approximate surface area is 149 Å². The largest absolute Gasteiger partial charge is 0.481 e. The maximum Gasteiger partial charge on any atom is 0.309 e. The second-order valence-electron chi connectivity index (χ2n) is 5.97. The summed E-state index contributed by atoms with van der Waals surface area (Å²) < 4.78 is 0. The van der Waals surface area contributed by atoms with Gasteiger partial charge in [0.2, 0.25) is 11.8 Å². The Bertz CT molecular complexity index is 549. The molecule has 0 saturated carbocycles. The van der Waals surface area contributed by atoms with E-state index in [1.54, 1.807) is 0 Å². The van der Waals surface area contributed by atoms with Gasteiger partial charge in [-0.25, -0.2) is 0 Å². The molecule has 0 radical (unpaired) electrons. The number of carbonyl (C=O) groups is 5. The minimum atomic E-state index is -1.37. The van der Waals surface area contributed by atoms with Crippen LogP contribution in [0, 0.1) is 11.8 Å². The van der Waals surface area contributed by atoms with Crippen molar-refractivity contribution in [3.05, 3.63) is 0 Å². The molecule has 8 N–H and O–H groups in total. The van der Waals surface area contributed by atoms with Crippen molar-refractivity contribution in [1.82, 2.24) is 5.32 Å². The van der Waals surface area contributed by atoms with Gasteiger partial charge in [-0.05, 0) is 6.92 Å². The highest BCUT2D eigenvalue weighted by Gasteiger charge is 2.30. The Morgan fingerprint density at radius 1 is 1.08 bits per heavy atom. The standard InChI is InChI=1S/C15H25N3O8/c1-7(20)10(15(25)26)4-9(21)2-8(3-13(17)23)14(24)18-5-12(22)11(16)6-19/h7-8,10-11,19-20H,2-6,16H2,1H3,(H2,17,23)(H,18,24)(H,25,26)/t7?,8-,10-,11+/m0/s1. The van der Waals surface area contributed by atoms with Gasteiger partial charge in [0.15, 0.2) is 5.78 Å². The van der Waals surface area contributed by atoms with Gasteiger partial charge in [-0.3, -0.25) is 24.0 Å². The summed E-state index contributed by atoms with van der Waals surface area (Å²) in [6.07, 6.45) is -2.77. The molecule has 0 aromatic rings. The van der Waals surface area contributed by atoms with E-state index in [-0.39, 0.29) is 0 Å². The zero-order valence-electron chi connectivity index (χ0n) is 14.4. The maximum atomic E-state index is 12.1. The van der Waals surface area contributed by atoms with Gasteiger partial charge < -0.3 is 32.1 Å². The highest BCUT2D eigenvalue weighted by molar-refractivity contribution is 5.94. The number of aliphatic hydroxyl groups excluding tert-OH is 2. The quantitative estimate of drug-likeness (QED) is 0.192. The first-order chi connectivity index (χ1) is 12.0. The molecular weight excluding hydrogens is 350 g/mol. The third-order valence-corrected chi connectivity index (χ3v) is 3.69. The average Bonchev–Trinajstić information content (AvgIpc) is 2.54. The van der Waals surface area contributed by atoms with Crippen LogP contribution in [0.15, 0.2) is 0 Å². The number of carbonyl (C=O) groups excluding carboxylic acids is 4. The normalized spacial score (nSPS) is 15.4. The zero-order valence-corrected chi connectivity index (χ0v) is 14.4. The van der Waals surface area contributed by atoms with Crippen molar-refractivity contribution >= 4 is 29.4 Å². The van der Waals surface area contributed by atoms with Crippen LogP contribution in [0.1, 0.15) is 26.2 Å².